The molecule has 2 aliphatic heterocycles. The first-order valence-corrected chi connectivity index (χ1v) is 12.0. The number of piperidine rings is 1. The SMILES string of the molecule is O=C1CCN(c2ccnc3c2ccn3C2CCN(CCC3CCCCC3)CC2)C(=O)N1. The van der Waals surface area contributed by atoms with Gasteiger partial charge in [0.25, 0.3) is 0 Å². The fourth-order valence-corrected chi connectivity index (χ4v) is 5.63. The summed E-state index contributed by atoms with van der Waals surface area (Å²) in [6.07, 6.45) is 15.0. The number of carbonyl (C=O) groups is 2. The highest BCUT2D eigenvalue weighted by Gasteiger charge is 2.27. The molecule has 5 rings (SSSR count). The van der Waals surface area contributed by atoms with E-state index in [4.69, 9.17) is 0 Å². The molecular weight excluding hydrogens is 390 g/mol. The number of hydrogen-bond donors (Lipinski definition) is 1. The zero-order valence-electron chi connectivity index (χ0n) is 18.3. The van der Waals surface area contributed by atoms with E-state index in [1.807, 2.05) is 6.07 Å². The lowest BCUT2D eigenvalue weighted by atomic mass is 9.87. The largest absolute Gasteiger partial charge is 0.329 e. The van der Waals surface area contributed by atoms with E-state index in [1.165, 1.54) is 45.1 Å². The van der Waals surface area contributed by atoms with Crippen LogP contribution in [0.1, 0.15) is 63.8 Å². The fraction of sp³-hybridized carbons (Fsp3) is 0.625. The summed E-state index contributed by atoms with van der Waals surface area (Å²) in [5.74, 6) is 0.740. The Labute approximate surface area is 183 Å². The molecule has 0 atom stereocenters. The minimum Gasteiger partial charge on any atom is -0.329 e. The van der Waals surface area contributed by atoms with E-state index in [2.05, 4.69) is 32.0 Å². The van der Waals surface area contributed by atoms with E-state index in [-0.39, 0.29) is 11.9 Å². The molecule has 1 aliphatic carbocycles. The molecule has 1 N–H and O–H groups in total. The van der Waals surface area contributed by atoms with E-state index in [0.717, 1.165) is 48.6 Å². The average molecular weight is 424 g/mol. The monoisotopic (exact) mass is 423 g/mol. The summed E-state index contributed by atoms with van der Waals surface area (Å²) in [5, 5.41) is 3.40. The Hall–Kier alpha value is -2.41. The molecule has 0 bridgehead atoms. The summed E-state index contributed by atoms with van der Waals surface area (Å²) in [6.45, 7) is 3.95. The highest BCUT2D eigenvalue weighted by Crippen LogP contribution is 2.33. The van der Waals surface area contributed by atoms with Crippen molar-refractivity contribution in [3.8, 4) is 0 Å². The number of rotatable bonds is 5. The summed E-state index contributed by atoms with van der Waals surface area (Å²) in [6, 6.07) is 4.04. The van der Waals surface area contributed by atoms with Crippen molar-refractivity contribution in [1.29, 1.82) is 0 Å². The molecule has 2 saturated heterocycles. The summed E-state index contributed by atoms with van der Waals surface area (Å²) in [7, 11) is 0. The van der Waals surface area contributed by atoms with Gasteiger partial charge in [0.05, 0.1) is 5.69 Å². The van der Waals surface area contributed by atoms with Gasteiger partial charge in [-0.05, 0) is 43.9 Å². The maximum Gasteiger partial charge on any atom is 0.328 e. The number of urea groups is 1. The number of imide groups is 1. The molecule has 3 amide bonds. The number of hydrogen-bond acceptors (Lipinski definition) is 4. The molecule has 7 nitrogen and oxygen atoms in total. The van der Waals surface area contributed by atoms with Gasteiger partial charge in [0.1, 0.15) is 5.65 Å². The second-order valence-electron chi connectivity index (χ2n) is 9.41. The molecule has 3 aliphatic rings. The van der Waals surface area contributed by atoms with E-state index in [0.29, 0.717) is 19.0 Å². The lowest BCUT2D eigenvalue weighted by Gasteiger charge is -2.34. The van der Waals surface area contributed by atoms with Crippen LogP contribution >= 0.6 is 0 Å². The van der Waals surface area contributed by atoms with Crippen LogP contribution in [0.3, 0.4) is 0 Å². The van der Waals surface area contributed by atoms with Gasteiger partial charge in [0.2, 0.25) is 5.91 Å². The third-order valence-electron chi connectivity index (χ3n) is 7.47. The van der Waals surface area contributed by atoms with Gasteiger partial charge in [-0.25, -0.2) is 9.78 Å². The molecule has 3 fully saturated rings. The maximum atomic E-state index is 12.3. The van der Waals surface area contributed by atoms with E-state index < -0.39 is 0 Å². The number of nitrogens with one attached hydrogen (secondary N) is 1. The lowest BCUT2D eigenvalue weighted by Crippen LogP contribution is -2.49. The Morgan fingerprint density at radius 1 is 1.00 bits per heavy atom. The van der Waals surface area contributed by atoms with Crippen molar-refractivity contribution in [2.75, 3.05) is 31.1 Å². The topological polar surface area (TPSA) is 70.5 Å². The second kappa shape index (κ2) is 8.99. The summed E-state index contributed by atoms with van der Waals surface area (Å²) in [5.41, 5.74) is 1.77. The van der Waals surface area contributed by atoms with E-state index in [9.17, 15) is 9.59 Å². The Morgan fingerprint density at radius 3 is 2.58 bits per heavy atom. The second-order valence-corrected chi connectivity index (χ2v) is 9.41. The third kappa shape index (κ3) is 4.33. The Bertz CT molecular complexity index is 941. The third-order valence-corrected chi connectivity index (χ3v) is 7.47. The van der Waals surface area contributed by atoms with Crippen molar-refractivity contribution >= 4 is 28.7 Å². The highest BCUT2D eigenvalue weighted by atomic mass is 16.2. The van der Waals surface area contributed by atoms with Crippen LogP contribution in [0.2, 0.25) is 0 Å². The molecule has 1 saturated carbocycles. The Morgan fingerprint density at radius 2 is 1.81 bits per heavy atom. The Balaban J connectivity index is 1.24. The van der Waals surface area contributed by atoms with Gasteiger partial charge >= 0.3 is 6.03 Å². The fourth-order valence-electron chi connectivity index (χ4n) is 5.63. The number of anilines is 1. The molecule has 0 radical (unpaired) electrons. The number of pyridine rings is 1. The standard InChI is InChI=1S/C24H33N5O2/c30-22-11-17-29(24(31)26-22)21-6-12-25-23-20(21)10-16-28(23)19-8-14-27(15-9-19)13-7-18-4-2-1-3-5-18/h6,10,12,16,18-19H,1-5,7-9,11,13-15,17H2,(H,26,30,31). The number of carbonyl (C=O) groups excluding carboxylic acids is 2. The van der Waals surface area contributed by atoms with Crippen molar-refractivity contribution in [3.05, 3.63) is 24.5 Å². The van der Waals surface area contributed by atoms with Crippen molar-refractivity contribution in [3.63, 3.8) is 0 Å². The van der Waals surface area contributed by atoms with Gasteiger partial charge in [-0.1, -0.05) is 32.1 Å². The van der Waals surface area contributed by atoms with Crippen LogP contribution in [0.25, 0.3) is 11.0 Å². The van der Waals surface area contributed by atoms with Crippen LogP contribution in [-0.2, 0) is 4.79 Å². The van der Waals surface area contributed by atoms with Gasteiger partial charge in [0, 0.05) is 49.9 Å². The minimum atomic E-state index is -0.345. The predicted octanol–water partition coefficient (Wildman–Crippen LogP) is 4.09. The molecule has 7 heteroatoms. The number of fused-ring (bicyclic) bond motifs is 1. The molecule has 2 aromatic heterocycles. The van der Waals surface area contributed by atoms with Gasteiger partial charge < -0.3 is 9.47 Å². The number of likely N-dealkylation sites (tertiary alicyclic amines) is 1. The zero-order chi connectivity index (χ0) is 21.2. The summed E-state index contributed by atoms with van der Waals surface area (Å²) >= 11 is 0. The molecule has 0 spiro atoms. The van der Waals surface area contributed by atoms with Gasteiger partial charge in [-0.3, -0.25) is 15.0 Å². The molecular formula is C24H33N5O2. The zero-order valence-corrected chi connectivity index (χ0v) is 18.3. The lowest BCUT2D eigenvalue weighted by molar-refractivity contribution is -0.120. The molecule has 0 unspecified atom stereocenters. The van der Waals surface area contributed by atoms with E-state index >= 15 is 0 Å². The van der Waals surface area contributed by atoms with E-state index in [1.54, 1.807) is 11.1 Å². The molecule has 2 aromatic rings. The van der Waals surface area contributed by atoms with Gasteiger partial charge in [-0.15, -0.1) is 0 Å². The maximum absolute atomic E-state index is 12.3. The normalized spacial score (nSPS) is 22.3. The minimum absolute atomic E-state index is 0.209. The van der Waals surface area contributed by atoms with Crippen LogP contribution < -0.4 is 10.2 Å². The highest BCUT2D eigenvalue weighted by molar-refractivity contribution is 6.09. The van der Waals surface area contributed by atoms with Crippen LogP contribution in [0, 0.1) is 5.92 Å². The van der Waals surface area contributed by atoms with Crippen LogP contribution in [0.15, 0.2) is 24.5 Å². The van der Waals surface area contributed by atoms with Gasteiger partial charge in [0.15, 0.2) is 0 Å². The van der Waals surface area contributed by atoms with Crippen molar-refractivity contribution in [2.45, 2.75) is 63.8 Å². The number of aromatic nitrogens is 2. The van der Waals surface area contributed by atoms with Crippen molar-refractivity contribution < 1.29 is 9.59 Å². The van der Waals surface area contributed by atoms with Crippen LogP contribution in [0.4, 0.5) is 10.5 Å². The van der Waals surface area contributed by atoms with Gasteiger partial charge in [-0.2, -0.15) is 0 Å². The Kier molecular flexibility index (Phi) is 5.94. The quantitative estimate of drug-likeness (QED) is 0.786. The molecule has 31 heavy (non-hydrogen) atoms. The first-order chi connectivity index (χ1) is 15.2. The summed E-state index contributed by atoms with van der Waals surface area (Å²) < 4.78 is 2.30. The first-order valence-electron chi connectivity index (χ1n) is 12.0. The predicted molar refractivity (Wildman–Crippen MR) is 121 cm³/mol. The van der Waals surface area contributed by atoms with Crippen molar-refractivity contribution in [2.24, 2.45) is 5.92 Å². The smallest absolute Gasteiger partial charge is 0.328 e. The van der Waals surface area contributed by atoms with Crippen LogP contribution in [-0.4, -0.2) is 52.6 Å². The first kappa shape index (κ1) is 20.5. The number of amides is 3. The van der Waals surface area contributed by atoms with Crippen LogP contribution in [0.5, 0.6) is 0 Å². The van der Waals surface area contributed by atoms with Crippen molar-refractivity contribution in [1.82, 2.24) is 19.8 Å². The number of nitrogens with zero attached hydrogens (tertiary/aromatic N) is 4. The summed E-state index contributed by atoms with van der Waals surface area (Å²) in [4.78, 5) is 32.8. The average Bonchev–Trinajstić information content (AvgIpc) is 3.23. The molecule has 0 aromatic carbocycles. The molecule has 4 heterocycles. The molecule has 166 valence electrons.